The van der Waals surface area contributed by atoms with Crippen molar-refractivity contribution in [3.05, 3.63) is 65.7 Å². The summed E-state index contributed by atoms with van der Waals surface area (Å²) in [5, 5.41) is 5.86. The van der Waals surface area contributed by atoms with Gasteiger partial charge in [-0.2, -0.15) is 0 Å². The largest absolute Gasteiger partial charge is 0.350 e. The molecule has 0 bridgehead atoms. The quantitative estimate of drug-likeness (QED) is 0.711. The summed E-state index contributed by atoms with van der Waals surface area (Å²) in [5.41, 5.74) is 1.86. The van der Waals surface area contributed by atoms with Crippen LogP contribution in [0.4, 0.5) is 5.69 Å². The van der Waals surface area contributed by atoms with Crippen molar-refractivity contribution in [2.45, 2.75) is 46.1 Å². The molecular weight excluding hydrogens is 324 g/mol. The van der Waals surface area contributed by atoms with Crippen LogP contribution < -0.4 is 10.6 Å². The van der Waals surface area contributed by atoms with E-state index in [0.29, 0.717) is 22.7 Å². The molecule has 26 heavy (non-hydrogen) atoms. The highest BCUT2D eigenvalue weighted by atomic mass is 16.2. The van der Waals surface area contributed by atoms with Gasteiger partial charge < -0.3 is 10.6 Å². The molecule has 4 nitrogen and oxygen atoms in total. The Morgan fingerprint density at radius 3 is 2.04 bits per heavy atom. The molecular formula is C22H28N2O2. The Labute approximate surface area is 156 Å². The molecule has 0 aliphatic rings. The molecule has 138 valence electrons. The maximum Gasteiger partial charge on any atom is 0.255 e. The molecule has 2 rings (SSSR count). The zero-order chi connectivity index (χ0) is 18.9. The number of carbonyl (C=O) groups excluding carboxylic acids is 2. The summed E-state index contributed by atoms with van der Waals surface area (Å²) in [6, 6.07) is 16.2. The number of rotatable bonds is 8. The van der Waals surface area contributed by atoms with Gasteiger partial charge in [0.1, 0.15) is 0 Å². The lowest BCUT2D eigenvalue weighted by Gasteiger charge is -2.15. The van der Waals surface area contributed by atoms with Gasteiger partial charge in [0.05, 0.1) is 0 Å². The number of nitrogens with one attached hydrogen (secondary N) is 2. The average molecular weight is 352 g/mol. The summed E-state index contributed by atoms with van der Waals surface area (Å²) in [6.07, 6.45) is 3.27. The molecule has 4 heteroatoms. The van der Waals surface area contributed by atoms with Crippen molar-refractivity contribution >= 4 is 17.5 Å². The van der Waals surface area contributed by atoms with Crippen LogP contribution in [0.25, 0.3) is 0 Å². The van der Waals surface area contributed by atoms with E-state index in [0.717, 1.165) is 12.8 Å². The van der Waals surface area contributed by atoms with Crippen LogP contribution in [0.5, 0.6) is 0 Å². The van der Waals surface area contributed by atoms with Crippen molar-refractivity contribution in [1.29, 1.82) is 0 Å². The normalized spacial score (nSPS) is 11.8. The van der Waals surface area contributed by atoms with Crippen LogP contribution in [0.1, 0.15) is 60.7 Å². The van der Waals surface area contributed by atoms with Gasteiger partial charge in [-0.3, -0.25) is 9.59 Å². The minimum atomic E-state index is -0.165. The molecule has 0 saturated carbocycles. The second kappa shape index (κ2) is 9.76. The zero-order valence-corrected chi connectivity index (χ0v) is 15.8. The summed E-state index contributed by atoms with van der Waals surface area (Å²) in [6.45, 7) is 6.45. The predicted molar refractivity (Wildman–Crippen MR) is 106 cm³/mol. The Morgan fingerprint density at radius 2 is 1.42 bits per heavy atom. The number of anilines is 1. The molecule has 0 aliphatic carbocycles. The minimum Gasteiger partial charge on any atom is -0.350 e. The number of amides is 2. The Balaban J connectivity index is 1.86. The molecule has 2 N–H and O–H groups in total. The maximum atomic E-state index is 12.3. The topological polar surface area (TPSA) is 58.2 Å². The lowest BCUT2D eigenvalue weighted by Crippen LogP contribution is -2.32. The molecule has 0 radical (unpaired) electrons. The van der Waals surface area contributed by atoms with E-state index in [1.165, 1.54) is 6.42 Å². The minimum absolute atomic E-state index is 0.0806. The summed E-state index contributed by atoms with van der Waals surface area (Å²) >= 11 is 0. The number of benzene rings is 2. The van der Waals surface area contributed by atoms with Crippen LogP contribution in [0.15, 0.2) is 54.6 Å². The molecule has 0 fully saturated rings. The van der Waals surface area contributed by atoms with Gasteiger partial charge >= 0.3 is 0 Å². The third kappa shape index (κ3) is 6.36. The van der Waals surface area contributed by atoms with Gasteiger partial charge in [0, 0.05) is 22.9 Å². The van der Waals surface area contributed by atoms with Crippen LogP contribution >= 0.6 is 0 Å². The Hall–Kier alpha value is -2.62. The van der Waals surface area contributed by atoms with Crippen LogP contribution in [0.3, 0.4) is 0 Å². The highest BCUT2D eigenvalue weighted by Crippen LogP contribution is 2.13. The molecule has 1 unspecified atom stereocenters. The van der Waals surface area contributed by atoms with E-state index < -0.39 is 0 Å². The van der Waals surface area contributed by atoms with Crippen LogP contribution in [0.2, 0.25) is 0 Å². The second-order valence-electron chi connectivity index (χ2n) is 7.10. The van der Waals surface area contributed by atoms with Crippen molar-refractivity contribution in [1.82, 2.24) is 5.32 Å². The predicted octanol–water partition coefficient (Wildman–Crippen LogP) is 4.88. The summed E-state index contributed by atoms with van der Waals surface area (Å²) in [4.78, 5) is 24.4. The van der Waals surface area contributed by atoms with Gasteiger partial charge in [-0.05, 0) is 55.7 Å². The van der Waals surface area contributed by atoms with E-state index in [4.69, 9.17) is 0 Å². The van der Waals surface area contributed by atoms with Crippen molar-refractivity contribution < 1.29 is 9.59 Å². The molecule has 0 spiro atoms. The Morgan fingerprint density at radius 1 is 0.808 bits per heavy atom. The monoisotopic (exact) mass is 352 g/mol. The summed E-state index contributed by atoms with van der Waals surface area (Å²) < 4.78 is 0. The first kappa shape index (κ1) is 19.7. The lowest BCUT2D eigenvalue weighted by molar-refractivity contribution is 0.0937. The van der Waals surface area contributed by atoms with E-state index >= 15 is 0 Å². The lowest BCUT2D eigenvalue weighted by atomic mass is 10.0. The standard InChI is InChI=1S/C22H28N2O2/c1-16(2)8-7-9-17(3)23-21(25)19-12-14-20(15-13-19)24-22(26)18-10-5-4-6-11-18/h4-6,10-17H,7-9H2,1-3H3,(H,23,25)(H,24,26). The van der Waals surface area contributed by atoms with Gasteiger partial charge in [0.2, 0.25) is 0 Å². The molecule has 2 amide bonds. The Bertz CT molecular complexity index is 709. The van der Waals surface area contributed by atoms with Gasteiger partial charge in [0.25, 0.3) is 11.8 Å². The van der Waals surface area contributed by atoms with Crippen molar-refractivity contribution in [3.8, 4) is 0 Å². The first-order valence-corrected chi connectivity index (χ1v) is 9.23. The average Bonchev–Trinajstić information content (AvgIpc) is 2.62. The van der Waals surface area contributed by atoms with E-state index in [-0.39, 0.29) is 17.9 Å². The van der Waals surface area contributed by atoms with E-state index in [1.54, 1.807) is 36.4 Å². The van der Waals surface area contributed by atoms with E-state index in [9.17, 15) is 9.59 Å². The summed E-state index contributed by atoms with van der Waals surface area (Å²) in [5.74, 6) is 0.445. The van der Waals surface area contributed by atoms with Gasteiger partial charge in [-0.25, -0.2) is 0 Å². The third-order valence-corrected chi connectivity index (χ3v) is 4.24. The third-order valence-electron chi connectivity index (χ3n) is 4.24. The number of hydrogen-bond acceptors (Lipinski definition) is 2. The second-order valence-corrected chi connectivity index (χ2v) is 7.10. The first-order chi connectivity index (χ1) is 12.5. The fourth-order valence-electron chi connectivity index (χ4n) is 2.71. The molecule has 0 aromatic heterocycles. The highest BCUT2D eigenvalue weighted by Gasteiger charge is 2.11. The molecule has 0 saturated heterocycles. The molecule has 1 atom stereocenters. The molecule has 2 aromatic carbocycles. The van der Waals surface area contributed by atoms with Crippen LogP contribution in [-0.2, 0) is 0 Å². The molecule has 0 heterocycles. The van der Waals surface area contributed by atoms with Crippen LogP contribution in [0, 0.1) is 5.92 Å². The molecule has 2 aromatic rings. The zero-order valence-electron chi connectivity index (χ0n) is 15.8. The van der Waals surface area contributed by atoms with E-state index in [2.05, 4.69) is 24.5 Å². The van der Waals surface area contributed by atoms with Crippen molar-refractivity contribution in [3.63, 3.8) is 0 Å². The van der Waals surface area contributed by atoms with Gasteiger partial charge in [0.15, 0.2) is 0 Å². The van der Waals surface area contributed by atoms with Gasteiger partial charge in [-0.1, -0.05) is 44.9 Å². The number of carbonyl (C=O) groups is 2. The maximum absolute atomic E-state index is 12.3. The number of hydrogen-bond donors (Lipinski definition) is 2. The Kier molecular flexibility index (Phi) is 7.39. The van der Waals surface area contributed by atoms with Crippen LogP contribution in [-0.4, -0.2) is 17.9 Å². The fraction of sp³-hybridized carbons (Fsp3) is 0.364. The van der Waals surface area contributed by atoms with Crippen molar-refractivity contribution in [2.75, 3.05) is 5.32 Å². The summed E-state index contributed by atoms with van der Waals surface area (Å²) in [7, 11) is 0. The first-order valence-electron chi connectivity index (χ1n) is 9.23. The SMILES string of the molecule is CC(C)CCCC(C)NC(=O)c1ccc(NC(=O)c2ccccc2)cc1. The molecule has 0 aliphatic heterocycles. The van der Waals surface area contributed by atoms with E-state index in [1.807, 2.05) is 25.1 Å². The fourth-order valence-corrected chi connectivity index (χ4v) is 2.71. The van der Waals surface area contributed by atoms with Crippen molar-refractivity contribution in [2.24, 2.45) is 5.92 Å². The smallest absolute Gasteiger partial charge is 0.255 e. The van der Waals surface area contributed by atoms with Gasteiger partial charge in [-0.15, -0.1) is 0 Å². The highest BCUT2D eigenvalue weighted by molar-refractivity contribution is 6.04.